The van der Waals surface area contributed by atoms with Gasteiger partial charge < -0.3 is 11.1 Å². The maximum Gasteiger partial charge on any atom is 0.276 e. The average molecular weight is 420 g/mol. The minimum atomic E-state index is -0.247. The topological polar surface area (TPSA) is 85.8 Å². The molecule has 0 saturated carbocycles. The van der Waals surface area contributed by atoms with Gasteiger partial charge >= 0.3 is 0 Å². The van der Waals surface area contributed by atoms with Crippen molar-refractivity contribution in [2.24, 2.45) is 5.73 Å². The van der Waals surface area contributed by atoms with E-state index in [1.165, 1.54) is 16.9 Å². The molecule has 0 aliphatic rings. The van der Waals surface area contributed by atoms with Crippen LogP contribution >= 0.6 is 23.7 Å². The summed E-state index contributed by atoms with van der Waals surface area (Å²) in [6, 6.07) is 9.96. The molecule has 1 aromatic carbocycles. The van der Waals surface area contributed by atoms with E-state index in [0.29, 0.717) is 24.5 Å². The molecule has 8 heteroatoms. The number of aromatic nitrogens is 3. The number of halogens is 1. The van der Waals surface area contributed by atoms with Crippen LogP contribution in [0.2, 0.25) is 0 Å². The van der Waals surface area contributed by atoms with Crippen molar-refractivity contribution in [2.45, 2.75) is 39.5 Å². The molecule has 0 unspecified atom stereocenters. The number of hydrogen-bond donors (Lipinski definition) is 2. The lowest BCUT2D eigenvalue weighted by molar-refractivity contribution is 0.102. The molecule has 0 aliphatic heterocycles. The molecule has 6 nitrogen and oxygen atoms in total. The molecule has 28 heavy (non-hydrogen) atoms. The number of nitrogens with one attached hydrogen (secondary N) is 1. The molecular weight excluding hydrogens is 394 g/mol. The van der Waals surface area contributed by atoms with E-state index in [4.69, 9.17) is 10.8 Å². The van der Waals surface area contributed by atoms with E-state index in [1.54, 1.807) is 10.1 Å². The maximum atomic E-state index is 12.7. The lowest BCUT2D eigenvalue weighted by atomic mass is 9.92. The molecule has 0 bridgehead atoms. The molecule has 0 atom stereocenters. The third-order valence-corrected chi connectivity index (χ3v) is 5.05. The minimum Gasteiger partial charge on any atom is -0.330 e. The Bertz CT molecular complexity index is 940. The summed E-state index contributed by atoms with van der Waals surface area (Å²) in [7, 11) is 0. The fourth-order valence-electron chi connectivity index (χ4n) is 2.55. The van der Waals surface area contributed by atoms with Crippen LogP contribution in [0.25, 0.3) is 5.69 Å². The van der Waals surface area contributed by atoms with Gasteiger partial charge in [-0.25, -0.2) is 9.67 Å². The summed E-state index contributed by atoms with van der Waals surface area (Å²) in [5, 5.41) is 10.3. The molecule has 0 aliphatic carbocycles. The minimum absolute atomic E-state index is 0. The van der Waals surface area contributed by atoms with Crippen LogP contribution in [0.5, 0.6) is 0 Å². The summed E-state index contributed by atoms with van der Waals surface area (Å²) in [6.07, 6.45) is 0.674. The van der Waals surface area contributed by atoms with Crippen LogP contribution in [0.1, 0.15) is 47.5 Å². The summed E-state index contributed by atoms with van der Waals surface area (Å²) in [4.78, 5) is 17.1. The summed E-state index contributed by atoms with van der Waals surface area (Å²) >= 11 is 1.45. The third-order valence-electron chi connectivity index (χ3n) is 4.14. The molecule has 0 radical (unpaired) electrons. The Morgan fingerprint density at radius 3 is 2.54 bits per heavy atom. The first-order chi connectivity index (χ1) is 12.8. The van der Waals surface area contributed by atoms with Crippen molar-refractivity contribution >= 4 is 35.5 Å². The van der Waals surface area contributed by atoms with Gasteiger partial charge in [-0.05, 0) is 25.6 Å². The van der Waals surface area contributed by atoms with Gasteiger partial charge in [0.1, 0.15) is 11.5 Å². The number of rotatable bonds is 5. The number of carbonyl (C=O) groups is 1. The van der Waals surface area contributed by atoms with Gasteiger partial charge in [0.2, 0.25) is 0 Å². The molecule has 1 amide bonds. The molecule has 2 heterocycles. The quantitative estimate of drug-likeness (QED) is 0.651. The highest BCUT2D eigenvalue weighted by Gasteiger charge is 2.22. The smallest absolute Gasteiger partial charge is 0.276 e. The Kier molecular flexibility index (Phi) is 6.98. The monoisotopic (exact) mass is 419 g/mol. The SMILES string of the molecule is Cc1ccc(-n2nc(C(C)(C)C)cc2NC(=O)c2csc(CCN)n2)cc1.Cl. The molecule has 0 spiro atoms. The first kappa shape index (κ1) is 22.1. The fraction of sp³-hybridized carbons (Fsp3) is 0.350. The van der Waals surface area contributed by atoms with Crippen LogP contribution < -0.4 is 11.1 Å². The number of amides is 1. The lowest BCUT2D eigenvalue weighted by Crippen LogP contribution is -2.16. The van der Waals surface area contributed by atoms with Crippen LogP contribution in [0.4, 0.5) is 5.82 Å². The second kappa shape index (κ2) is 8.86. The fourth-order valence-corrected chi connectivity index (χ4v) is 3.35. The predicted octanol–water partition coefficient (Wildman–Crippen LogP) is 4.11. The highest BCUT2D eigenvalue weighted by molar-refractivity contribution is 7.09. The van der Waals surface area contributed by atoms with Crippen molar-refractivity contribution < 1.29 is 4.79 Å². The van der Waals surface area contributed by atoms with Crippen molar-refractivity contribution in [3.05, 3.63) is 57.7 Å². The van der Waals surface area contributed by atoms with E-state index >= 15 is 0 Å². The molecule has 3 rings (SSSR count). The Balaban J connectivity index is 0.00000280. The Morgan fingerprint density at radius 1 is 1.25 bits per heavy atom. The van der Waals surface area contributed by atoms with Gasteiger partial charge in [-0.15, -0.1) is 23.7 Å². The van der Waals surface area contributed by atoms with Crippen LogP contribution in [0.3, 0.4) is 0 Å². The van der Waals surface area contributed by atoms with Gasteiger partial charge in [-0.3, -0.25) is 4.79 Å². The standard InChI is InChI=1S/C20H25N5OS.ClH/c1-13-5-7-14(8-6-13)25-17(11-16(24-25)20(2,3)4)23-19(26)15-12-27-18(22-15)9-10-21;/h5-8,11-12H,9-10,21H2,1-4H3,(H,23,26);1H. The summed E-state index contributed by atoms with van der Waals surface area (Å²) < 4.78 is 1.77. The van der Waals surface area contributed by atoms with Crippen LogP contribution in [0.15, 0.2) is 35.7 Å². The second-order valence-electron chi connectivity index (χ2n) is 7.53. The first-order valence-corrected chi connectivity index (χ1v) is 9.79. The van der Waals surface area contributed by atoms with Crippen LogP contribution in [-0.2, 0) is 11.8 Å². The van der Waals surface area contributed by atoms with E-state index in [9.17, 15) is 4.79 Å². The molecule has 2 aromatic heterocycles. The van der Waals surface area contributed by atoms with Gasteiger partial charge in [-0.2, -0.15) is 5.10 Å². The molecule has 3 aromatic rings. The van der Waals surface area contributed by atoms with Gasteiger partial charge in [-0.1, -0.05) is 38.5 Å². The Hall–Kier alpha value is -2.22. The zero-order valence-electron chi connectivity index (χ0n) is 16.5. The lowest BCUT2D eigenvalue weighted by Gasteiger charge is -2.14. The molecule has 3 N–H and O–H groups in total. The van der Waals surface area contributed by atoms with E-state index in [0.717, 1.165) is 16.4 Å². The molecule has 0 saturated heterocycles. The highest BCUT2D eigenvalue weighted by Crippen LogP contribution is 2.27. The van der Waals surface area contributed by atoms with E-state index in [1.807, 2.05) is 37.3 Å². The third kappa shape index (κ3) is 4.98. The Morgan fingerprint density at radius 2 is 1.93 bits per heavy atom. The summed E-state index contributed by atoms with van der Waals surface area (Å²) in [5.74, 6) is 0.380. The van der Waals surface area contributed by atoms with Crippen molar-refractivity contribution in [2.75, 3.05) is 11.9 Å². The van der Waals surface area contributed by atoms with Crippen LogP contribution in [0, 0.1) is 6.92 Å². The number of nitrogens with two attached hydrogens (primary N) is 1. The van der Waals surface area contributed by atoms with E-state index in [-0.39, 0.29) is 23.7 Å². The number of anilines is 1. The van der Waals surface area contributed by atoms with Gasteiger partial charge in [0.05, 0.1) is 16.4 Å². The highest BCUT2D eigenvalue weighted by atomic mass is 35.5. The summed E-state index contributed by atoms with van der Waals surface area (Å²) in [5.41, 5.74) is 8.80. The zero-order chi connectivity index (χ0) is 19.6. The largest absolute Gasteiger partial charge is 0.330 e. The number of thiazole rings is 1. The van der Waals surface area contributed by atoms with Crippen molar-refractivity contribution in [3.63, 3.8) is 0 Å². The average Bonchev–Trinajstić information content (AvgIpc) is 3.23. The molecule has 150 valence electrons. The molecular formula is C20H26ClN5OS. The number of carbonyl (C=O) groups excluding carboxylic acids is 1. The van der Waals surface area contributed by atoms with E-state index < -0.39 is 0 Å². The van der Waals surface area contributed by atoms with Crippen LogP contribution in [-0.4, -0.2) is 27.2 Å². The van der Waals surface area contributed by atoms with Crippen molar-refractivity contribution in [1.29, 1.82) is 0 Å². The van der Waals surface area contributed by atoms with Gasteiger partial charge in [0.15, 0.2) is 0 Å². The van der Waals surface area contributed by atoms with E-state index in [2.05, 4.69) is 31.1 Å². The van der Waals surface area contributed by atoms with Crippen molar-refractivity contribution in [1.82, 2.24) is 14.8 Å². The number of nitrogens with zero attached hydrogens (tertiary/aromatic N) is 3. The van der Waals surface area contributed by atoms with Gasteiger partial charge in [0.25, 0.3) is 5.91 Å². The second-order valence-corrected chi connectivity index (χ2v) is 8.47. The predicted molar refractivity (Wildman–Crippen MR) is 117 cm³/mol. The number of benzene rings is 1. The number of aryl methyl sites for hydroxylation is 1. The zero-order valence-corrected chi connectivity index (χ0v) is 18.2. The first-order valence-electron chi connectivity index (χ1n) is 8.91. The van der Waals surface area contributed by atoms with Crippen molar-refractivity contribution in [3.8, 4) is 5.69 Å². The Labute approximate surface area is 175 Å². The normalized spacial score (nSPS) is 11.2. The number of hydrogen-bond acceptors (Lipinski definition) is 5. The molecule has 0 fully saturated rings. The maximum absolute atomic E-state index is 12.7. The van der Waals surface area contributed by atoms with Gasteiger partial charge in [0, 0.05) is 23.3 Å². The summed E-state index contributed by atoms with van der Waals surface area (Å²) in [6.45, 7) is 8.85.